The molecule has 3 rings (SSSR count). The van der Waals surface area contributed by atoms with Crippen molar-refractivity contribution >= 4 is 46.7 Å². The van der Waals surface area contributed by atoms with Gasteiger partial charge >= 0.3 is 18.5 Å². The van der Waals surface area contributed by atoms with Gasteiger partial charge in [0.15, 0.2) is 0 Å². The minimum atomic E-state index is -5.45. The highest BCUT2D eigenvalue weighted by atomic mass is 35.5. The Morgan fingerprint density at radius 1 is 1.00 bits per heavy atom. The highest BCUT2D eigenvalue weighted by Gasteiger charge is 2.63. The Morgan fingerprint density at radius 2 is 1.56 bits per heavy atom. The topological polar surface area (TPSA) is 50.7 Å². The number of benzene rings is 2. The minimum absolute atomic E-state index is 0.00433. The third-order valence-corrected chi connectivity index (χ3v) is 8.51. The smallest absolute Gasteiger partial charge is 0.374 e. The first-order valence-corrected chi connectivity index (χ1v) is 13.6. The Bertz CT molecular complexity index is 1230. The summed E-state index contributed by atoms with van der Waals surface area (Å²) in [5, 5.41) is 6.08. The Labute approximate surface area is 229 Å². The van der Waals surface area contributed by atoms with Crippen LogP contribution in [0.5, 0.6) is 0 Å². The SMILES string of the molecule is CSC(SC)C(=O)NCc1ccc(C2=NOC(c3cc(C(F)(F)F)cc(C(F)(F)F)c3)(C(F)(F)F)C2)cc1Cl. The van der Waals surface area contributed by atoms with Crippen molar-refractivity contribution in [3.63, 3.8) is 0 Å². The molecule has 0 radical (unpaired) electrons. The van der Waals surface area contributed by atoms with E-state index in [-0.39, 0.29) is 45.8 Å². The van der Waals surface area contributed by atoms with E-state index in [1.807, 2.05) is 0 Å². The summed E-state index contributed by atoms with van der Waals surface area (Å²) in [7, 11) is 0. The van der Waals surface area contributed by atoms with Gasteiger partial charge in [-0.2, -0.15) is 39.5 Å². The normalized spacial score (nSPS) is 18.2. The van der Waals surface area contributed by atoms with Crippen LogP contribution in [0.25, 0.3) is 0 Å². The number of nitrogens with zero attached hydrogens (tertiary/aromatic N) is 1. The summed E-state index contributed by atoms with van der Waals surface area (Å²) >= 11 is 8.85. The van der Waals surface area contributed by atoms with E-state index < -0.39 is 53.0 Å². The van der Waals surface area contributed by atoms with Crippen molar-refractivity contribution in [2.24, 2.45) is 5.16 Å². The molecule has 0 saturated carbocycles. The summed E-state index contributed by atoms with van der Waals surface area (Å²) in [5.74, 6) is -0.280. The molecule has 1 N–H and O–H groups in total. The molecule has 214 valence electrons. The van der Waals surface area contributed by atoms with Gasteiger partial charge in [-0.1, -0.05) is 28.9 Å². The average Bonchev–Trinajstić information content (AvgIpc) is 3.30. The number of halogens is 10. The van der Waals surface area contributed by atoms with Gasteiger partial charge in [-0.25, -0.2) is 0 Å². The van der Waals surface area contributed by atoms with E-state index in [1.165, 1.54) is 41.7 Å². The molecule has 1 atom stereocenters. The molecule has 1 aliphatic heterocycles. The molecule has 1 unspecified atom stereocenters. The lowest BCUT2D eigenvalue weighted by atomic mass is 9.84. The van der Waals surface area contributed by atoms with Crippen LogP contribution in [-0.2, 0) is 34.1 Å². The Balaban J connectivity index is 1.95. The molecule has 2 aromatic carbocycles. The Hall–Kier alpha value is -2.26. The zero-order valence-electron chi connectivity index (χ0n) is 19.8. The molecule has 0 spiro atoms. The first kappa shape index (κ1) is 31.3. The van der Waals surface area contributed by atoms with Gasteiger partial charge in [0.05, 0.1) is 16.8 Å². The highest BCUT2D eigenvalue weighted by Crippen LogP contribution is 2.51. The predicted octanol–water partition coefficient (Wildman–Crippen LogP) is 7.63. The maximum Gasteiger partial charge on any atom is 0.435 e. The second-order valence-corrected chi connectivity index (χ2v) is 10.8. The average molecular weight is 625 g/mol. The molecule has 0 aliphatic carbocycles. The zero-order chi connectivity index (χ0) is 29.4. The van der Waals surface area contributed by atoms with Gasteiger partial charge in [0.1, 0.15) is 4.58 Å². The number of hydrogen-bond donors (Lipinski definition) is 1. The number of thioether (sulfide) groups is 2. The number of oxime groups is 1. The van der Waals surface area contributed by atoms with Gasteiger partial charge in [-0.15, -0.1) is 23.5 Å². The summed E-state index contributed by atoms with van der Waals surface area (Å²) in [6, 6.07) is 3.57. The molecule has 0 bridgehead atoms. The van der Waals surface area contributed by atoms with Gasteiger partial charge < -0.3 is 10.2 Å². The number of hydrogen-bond acceptors (Lipinski definition) is 5. The van der Waals surface area contributed by atoms with Crippen LogP contribution in [-0.4, -0.2) is 34.9 Å². The maximum absolute atomic E-state index is 14.3. The van der Waals surface area contributed by atoms with Crippen LogP contribution < -0.4 is 5.32 Å². The fourth-order valence-electron chi connectivity index (χ4n) is 3.69. The van der Waals surface area contributed by atoms with E-state index in [9.17, 15) is 44.3 Å². The van der Waals surface area contributed by atoms with E-state index in [1.54, 1.807) is 12.5 Å². The largest absolute Gasteiger partial charge is 0.435 e. The number of nitrogens with one attached hydrogen (secondary N) is 1. The summed E-state index contributed by atoms with van der Waals surface area (Å²) in [5.41, 5.74) is -8.87. The molecule has 0 fully saturated rings. The van der Waals surface area contributed by atoms with Gasteiger partial charge in [0.2, 0.25) is 5.91 Å². The van der Waals surface area contributed by atoms with Crippen LogP contribution in [0.2, 0.25) is 5.02 Å². The van der Waals surface area contributed by atoms with Crippen molar-refractivity contribution in [3.05, 3.63) is 69.2 Å². The summed E-state index contributed by atoms with van der Waals surface area (Å²) in [4.78, 5) is 16.8. The van der Waals surface area contributed by atoms with Crippen molar-refractivity contribution in [1.29, 1.82) is 0 Å². The lowest BCUT2D eigenvalue weighted by Crippen LogP contribution is -2.43. The minimum Gasteiger partial charge on any atom is -0.374 e. The van der Waals surface area contributed by atoms with Crippen molar-refractivity contribution in [2.75, 3.05) is 12.5 Å². The number of carbonyl (C=O) groups is 1. The van der Waals surface area contributed by atoms with Crippen molar-refractivity contribution < 1.29 is 49.1 Å². The molecule has 1 amide bonds. The van der Waals surface area contributed by atoms with Gasteiger partial charge in [0.25, 0.3) is 5.60 Å². The third-order valence-electron chi connectivity index (χ3n) is 5.72. The highest BCUT2D eigenvalue weighted by molar-refractivity contribution is 8.17. The second-order valence-electron chi connectivity index (χ2n) is 8.25. The van der Waals surface area contributed by atoms with Crippen molar-refractivity contribution in [2.45, 2.75) is 41.7 Å². The zero-order valence-corrected chi connectivity index (χ0v) is 22.2. The number of alkyl halides is 9. The number of carbonyl (C=O) groups excluding carboxylic acids is 1. The maximum atomic E-state index is 14.3. The van der Waals surface area contributed by atoms with Gasteiger partial charge in [-0.3, -0.25) is 4.79 Å². The molecule has 16 heteroatoms. The lowest BCUT2D eigenvalue weighted by molar-refractivity contribution is -0.276. The summed E-state index contributed by atoms with van der Waals surface area (Å²) in [6.45, 7) is -0.00448. The lowest BCUT2D eigenvalue weighted by Gasteiger charge is -2.30. The van der Waals surface area contributed by atoms with E-state index in [0.717, 1.165) is 0 Å². The molecule has 4 nitrogen and oxygen atoms in total. The van der Waals surface area contributed by atoms with Crippen molar-refractivity contribution in [1.82, 2.24) is 5.32 Å². The van der Waals surface area contributed by atoms with Crippen LogP contribution in [0.1, 0.15) is 34.2 Å². The molecule has 0 saturated heterocycles. The molecule has 1 aliphatic rings. The van der Waals surface area contributed by atoms with Crippen LogP contribution in [0.4, 0.5) is 39.5 Å². The Morgan fingerprint density at radius 3 is 2.03 bits per heavy atom. The third kappa shape index (κ3) is 6.73. The monoisotopic (exact) mass is 624 g/mol. The van der Waals surface area contributed by atoms with E-state index >= 15 is 0 Å². The molecule has 39 heavy (non-hydrogen) atoms. The number of rotatable bonds is 7. The summed E-state index contributed by atoms with van der Waals surface area (Å²) < 4.78 is 122. The van der Waals surface area contributed by atoms with Crippen LogP contribution in [0, 0.1) is 0 Å². The van der Waals surface area contributed by atoms with E-state index in [4.69, 9.17) is 11.6 Å². The molecular weight excluding hydrogens is 607 g/mol. The van der Waals surface area contributed by atoms with Gasteiger partial charge in [-0.05, 0) is 42.3 Å². The van der Waals surface area contributed by atoms with E-state index in [0.29, 0.717) is 5.56 Å². The molecule has 0 aromatic heterocycles. The van der Waals surface area contributed by atoms with E-state index in [2.05, 4.69) is 15.3 Å². The van der Waals surface area contributed by atoms with Crippen LogP contribution in [0.3, 0.4) is 0 Å². The number of amides is 1. The molecule has 1 heterocycles. The van der Waals surface area contributed by atoms with Gasteiger partial charge in [0, 0.05) is 29.1 Å². The van der Waals surface area contributed by atoms with Crippen molar-refractivity contribution in [3.8, 4) is 0 Å². The fourth-order valence-corrected chi connectivity index (χ4v) is 5.30. The fraction of sp³-hybridized carbons (Fsp3) is 0.391. The molecule has 2 aromatic rings. The molecular formula is C23H18ClF9N2O2S2. The quantitative estimate of drug-likeness (QED) is 0.254. The summed E-state index contributed by atoms with van der Waals surface area (Å²) in [6.07, 6.45) is -13.9. The Kier molecular flexibility index (Phi) is 9.07. The van der Waals surface area contributed by atoms with Crippen LogP contribution in [0.15, 0.2) is 41.6 Å². The second kappa shape index (κ2) is 11.3. The standard InChI is InChI=1S/C23H18ClF9N2O2S2/c1-38-19(39-2)18(36)34-10-12-4-3-11(5-16(12)24)17-9-20(37-35-17,23(31,32)33)13-6-14(21(25,26)27)8-15(7-13)22(28,29)30/h3-8,19H,9-10H2,1-2H3,(H,34,36). The first-order valence-electron chi connectivity index (χ1n) is 10.7. The van der Waals surface area contributed by atoms with Crippen LogP contribution >= 0.6 is 35.1 Å². The first-order chi connectivity index (χ1) is 17.9. The predicted molar refractivity (Wildman–Crippen MR) is 131 cm³/mol.